The van der Waals surface area contributed by atoms with E-state index in [-0.39, 0.29) is 5.60 Å². The van der Waals surface area contributed by atoms with E-state index in [1.54, 1.807) is 0 Å². The van der Waals surface area contributed by atoms with Gasteiger partial charge in [0.2, 0.25) is 0 Å². The van der Waals surface area contributed by atoms with Gasteiger partial charge in [-0.25, -0.2) is 0 Å². The fraction of sp³-hybridized carbons (Fsp3) is 0.765. The number of morpholine rings is 1. The Morgan fingerprint density at radius 1 is 1.27 bits per heavy atom. The molecule has 1 aromatic rings. The van der Waals surface area contributed by atoms with Crippen molar-refractivity contribution < 1.29 is 9.47 Å². The molecule has 0 aromatic carbocycles. The quantitative estimate of drug-likeness (QED) is 0.927. The lowest BCUT2D eigenvalue weighted by molar-refractivity contribution is -0.100. The average molecular weight is 322 g/mol. The highest BCUT2D eigenvalue weighted by molar-refractivity contribution is 7.12. The van der Waals surface area contributed by atoms with E-state index in [0.717, 1.165) is 58.8 Å². The van der Waals surface area contributed by atoms with Crippen molar-refractivity contribution in [3.05, 3.63) is 21.9 Å². The van der Waals surface area contributed by atoms with Crippen LogP contribution in [0.1, 0.15) is 41.5 Å². The molecule has 3 aliphatic rings. The number of ether oxygens (including phenoxy) is 2. The number of nitrogens with one attached hydrogen (secondary N) is 1. The van der Waals surface area contributed by atoms with Crippen LogP contribution in [0.3, 0.4) is 0 Å². The van der Waals surface area contributed by atoms with E-state index < -0.39 is 0 Å². The fourth-order valence-electron chi connectivity index (χ4n) is 3.82. The third kappa shape index (κ3) is 3.24. The van der Waals surface area contributed by atoms with E-state index in [2.05, 4.69) is 22.3 Å². The second-order valence-electron chi connectivity index (χ2n) is 6.79. The van der Waals surface area contributed by atoms with Crippen LogP contribution < -0.4 is 5.32 Å². The maximum Gasteiger partial charge on any atom is 0.0917 e. The first-order valence-electron chi connectivity index (χ1n) is 8.60. The second kappa shape index (κ2) is 6.57. The van der Waals surface area contributed by atoms with Gasteiger partial charge in [-0.3, -0.25) is 4.90 Å². The van der Waals surface area contributed by atoms with Crippen molar-refractivity contribution in [2.24, 2.45) is 0 Å². The predicted octanol–water partition coefficient (Wildman–Crippen LogP) is 2.55. The summed E-state index contributed by atoms with van der Waals surface area (Å²) in [7, 11) is 0. The Balaban J connectivity index is 1.31. The lowest BCUT2D eigenvalue weighted by atomic mass is 9.90. The first-order valence-corrected chi connectivity index (χ1v) is 9.42. The predicted molar refractivity (Wildman–Crippen MR) is 88.3 cm³/mol. The SMILES string of the molecule is c1cc(C2CCCO2)sc1CN1CCC2(CC1)CNCCO2. The molecule has 1 N–H and O–H groups in total. The highest BCUT2D eigenvalue weighted by atomic mass is 32.1. The summed E-state index contributed by atoms with van der Waals surface area (Å²) < 4.78 is 11.9. The minimum atomic E-state index is 0.118. The first kappa shape index (κ1) is 15.1. The van der Waals surface area contributed by atoms with Crippen LogP contribution in [0.25, 0.3) is 0 Å². The summed E-state index contributed by atoms with van der Waals surface area (Å²) in [6.45, 7) is 7.22. The van der Waals surface area contributed by atoms with Crippen LogP contribution in [-0.4, -0.2) is 49.9 Å². The van der Waals surface area contributed by atoms with Crippen molar-refractivity contribution in [3.8, 4) is 0 Å². The molecule has 1 spiro atoms. The molecule has 0 saturated carbocycles. The topological polar surface area (TPSA) is 33.7 Å². The maximum absolute atomic E-state index is 6.07. The standard InChI is InChI=1S/C17H26N2O2S/c1-2-15(20-10-1)16-4-3-14(22-16)12-19-8-5-17(6-9-19)13-18-7-11-21-17/h3-4,15,18H,1-2,5-13H2. The Morgan fingerprint density at radius 2 is 2.18 bits per heavy atom. The van der Waals surface area contributed by atoms with Gasteiger partial charge in [0.05, 0.1) is 18.3 Å². The van der Waals surface area contributed by atoms with Crippen molar-refractivity contribution in [2.75, 3.05) is 39.4 Å². The molecule has 3 fully saturated rings. The van der Waals surface area contributed by atoms with Crippen LogP contribution in [0.15, 0.2) is 12.1 Å². The normalized spacial score (nSPS) is 29.2. The monoisotopic (exact) mass is 322 g/mol. The molecular formula is C17H26N2O2S. The van der Waals surface area contributed by atoms with Crippen LogP contribution in [0, 0.1) is 0 Å². The largest absolute Gasteiger partial charge is 0.373 e. The number of likely N-dealkylation sites (tertiary alicyclic amines) is 1. The molecule has 1 unspecified atom stereocenters. The number of hydrogen-bond acceptors (Lipinski definition) is 5. The lowest BCUT2D eigenvalue weighted by Crippen LogP contribution is -2.55. The zero-order valence-electron chi connectivity index (χ0n) is 13.2. The van der Waals surface area contributed by atoms with Crippen molar-refractivity contribution in [3.63, 3.8) is 0 Å². The zero-order valence-corrected chi connectivity index (χ0v) is 14.0. The van der Waals surface area contributed by atoms with Gasteiger partial charge in [-0.1, -0.05) is 0 Å². The highest BCUT2D eigenvalue weighted by Gasteiger charge is 2.36. The van der Waals surface area contributed by atoms with Gasteiger partial charge in [0.25, 0.3) is 0 Å². The number of piperidine rings is 1. The maximum atomic E-state index is 6.07. The summed E-state index contributed by atoms with van der Waals surface area (Å²) in [5.41, 5.74) is 0.118. The Labute approximate surface area is 136 Å². The molecule has 3 saturated heterocycles. The molecule has 4 nitrogen and oxygen atoms in total. The van der Waals surface area contributed by atoms with Crippen molar-refractivity contribution in [2.45, 2.75) is 43.9 Å². The Morgan fingerprint density at radius 3 is 2.91 bits per heavy atom. The number of nitrogens with zero attached hydrogens (tertiary/aromatic N) is 1. The summed E-state index contributed by atoms with van der Waals surface area (Å²) in [6.07, 6.45) is 5.08. The fourth-order valence-corrected chi connectivity index (χ4v) is 4.96. The molecule has 0 aliphatic carbocycles. The van der Waals surface area contributed by atoms with Gasteiger partial charge in [-0.05, 0) is 37.8 Å². The Bertz CT molecular complexity index is 483. The summed E-state index contributed by atoms with van der Waals surface area (Å²) in [5, 5.41) is 3.49. The number of rotatable bonds is 3. The summed E-state index contributed by atoms with van der Waals surface area (Å²) in [6, 6.07) is 4.57. The van der Waals surface area contributed by atoms with E-state index in [0.29, 0.717) is 6.10 Å². The molecule has 0 radical (unpaired) electrons. The highest BCUT2D eigenvalue weighted by Crippen LogP contribution is 2.34. The molecule has 0 bridgehead atoms. The Kier molecular flexibility index (Phi) is 4.51. The van der Waals surface area contributed by atoms with Gasteiger partial charge < -0.3 is 14.8 Å². The number of hydrogen-bond donors (Lipinski definition) is 1. The third-order valence-electron chi connectivity index (χ3n) is 5.21. The molecular weight excluding hydrogens is 296 g/mol. The van der Waals surface area contributed by atoms with Crippen molar-refractivity contribution in [1.29, 1.82) is 0 Å². The molecule has 22 heavy (non-hydrogen) atoms. The number of thiophene rings is 1. The van der Waals surface area contributed by atoms with Gasteiger partial charge in [0.1, 0.15) is 0 Å². The summed E-state index contributed by atoms with van der Waals surface area (Å²) in [4.78, 5) is 5.47. The van der Waals surface area contributed by atoms with E-state index in [9.17, 15) is 0 Å². The van der Waals surface area contributed by atoms with Crippen molar-refractivity contribution in [1.82, 2.24) is 10.2 Å². The summed E-state index contributed by atoms with van der Waals surface area (Å²) >= 11 is 1.94. The van der Waals surface area contributed by atoms with E-state index in [1.807, 2.05) is 11.3 Å². The summed E-state index contributed by atoms with van der Waals surface area (Å²) in [5.74, 6) is 0. The van der Waals surface area contributed by atoms with Crippen LogP contribution in [0.5, 0.6) is 0 Å². The van der Waals surface area contributed by atoms with Gasteiger partial charge in [-0.15, -0.1) is 11.3 Å². The van der Waals surface area contributed by atoms with Gasteiger partial charge in [0.15, 0.2) is 0 Å². The molecule has 1 atom stereocenters. The van der Waals surface area contributed by atoms with Gasteiger partial charge >= 0.3 is 0 Å². The minimum absolute atomic E-state index is 0.118. The molecule has 1 aromatic heterocycles. The van der Waals surface area contributed by atoms with Crippen LogP contribution in [-0.2, 0) is 16.0 Å². The van der Waals surface area contributed by atoms with Crippen LogP contribution in [0.4, 0.5) is 0 Å². The molecule has 0 amide bonds. The van der Waals surface area contributed by atoms with E-state index >= 15 is 0 Å². The minimum Gasteiger partial charge on any atom is -0.373 e. The smallest absolute Gasteiger partial charge is 0.0917 e. The zero-order chi connectivity index (χ0) is 14.8. The molecule has 122 valence electrons. The van der Waals surface area contributed by atoms with Crippen LogP contribution >= 0.6 is 11.3 Å². The van der Waals surface area contributed by atoms with Gasteiger partial charge in [-0.2, -0.15) is 0 Å². The first-order chi connectivity index (χ1) is 10.8. The Hall–Kier alpha value is -0.460. The molecule has 4 rings (SSSR count). The second-order valence-corrected chi connectivity index (χ2v) is 7.99. The third-order valence-corrected chi connectivity index (χ3v) is 6.37. The lowest BCUT2D eigenvalue weighted by Gasteiger charge is -2.44. The molecule has 5 heteroatoms. The molecule has 3 aliphatic heterocycles. The van der Waals surface area contributed by atoms with Crippen molar-refractivity contribution >= 4 is 11.3 Å². The van der Waals surface area contributed by atoms with Gasteiger partial charge in [0, 0.05) is 49.1 Å². The van der Waals surface area contributed by atoms with E-state index in [1.165, 1.54) is 22.6 Å². The van der Waals surface area contributed by atoms with Crippen LogP contribution in [0.2, 0.25) is 0 Å². The molecule has 4 heterocycles. The average Bonchev–Trinajstić information content (AvgIpc) is 3.22. The van der Waals surface area contributed by atoms with E-state index in [4.69, 9.17) is 9.47 Å².